The monoisotopic (exact) mass is 366 g/mol. The van der Waals surface area contributed by atoms with Crippen LogP contribution in [-0.4, -0.2) is 41.5 Å². The molecule has 5 nitrogen and oxygen atoms in total. The summed E-state index contributed by atoms with van der Waals surface area (Å²) in [5.74, 6) is -1.00. The number of para-hydroxylation sites is 1. The maximum atomic E-state index is 12.6. The summed E-state index contributed by atoms with van der Waals surface area (Å²) in [6.45, 7) is 3.44. The standard InChI is InChI=1S/C22H26N2O3/c1-16-11-19(22(26)27)14-24(13-16)15-21(25)23-20-10-6-5-9-18(20)12-17-7-3-2-4-8-17/h2-10,16,19H,11-15H2,1H3,(H,23,25)(H,26,27). The smallest absolute Gasteiger partial charge is 0.307 e. The van der Waals surface area contributed by atoms with E-state index in [1.165, 1.54) is 5.56 Å². The van der Waals surface area contributed by atoms with Crippen LogP contribution in [0, 0.1) is 11.8 Å². The molecule has 3 rings (SSSR count). The Balaban J connectivity index is 1.63. The first-order valence-corrected chi connectivity index (χ1v) is 9.38. The van der Waals surface area contributed by atoms with Gasteiger partial charge in [-0.25, -0.2) is 0 Å². The Bertz CT molecular complexity index is 791. The number of benzene rings is 2. The van der Waals surface area contributed by atoms with Gasteiger partial charge in [-0.2, -0.15) is 0 Å². The second kappa shape index (κ2) is 8.82. The molecule has 1 heterocycles. The molecule has 1 saturated heterocycles. The average Bonchev–Trinajstić information content (AvgIpc) is 2.63. The van der Waals surface area contributed by atoms with E-state index in [0.29, 0.717) is 13.0 Å². The highest BCUT2D eigenvalue weighted by atomic mass is 16.4. The number of carbonyl (C=O) groups is 2. The lowest BCUT2D eigenvalue weighted by molar-refractivity contribution is -0.144. The number of likely N-dealkylation sites (tertiary alicyclic amines) is 1. The van der Waals surface area contributed by atoms with Crippen molar-refractivity contribution >= 4 is 17.6 Å². The molecule has 2 N–H and O–H groups in total. The number of hydrogen-bond donors (Lipinski definition) is 2. The molecule has 0 aliphatic carbocycles. The van der Waals surface area contributed by atoms with Gasteiger partial charge in [0.15, 0.2) is 0 Å². The van der Waals surface area contributed by atoms with Crippen LogP contribution in [0.1, 0.15) is 24.5 Å². The molecule has 142 valence electrons. The molecule has 2 aromatic rings. The molecule has 0 spiro atoms. The number of carboxylic acids is 1. The van der Waals surface area contributed by atoms with E-state index in [2.05, 4.69) is 17.4 Å². The molecule has 1 aliphatic rings. The van der Waals surface area contributed by atoms with Gasteiger partial charge in [-0.05, 0) is 36.0 Å². The molecule has 0 radical (unpaired) electrons. The van der Waals surface area contributed by atoms with Crippen molar-refractivity contribution in [3.05, 3.63) is 65.7 Å². The van der Waals surface area contributed by atoms with E-state index in [1.807, 2.05) is 54.3 Å². The molecular formula is C22H26N2O3. The minimum Gasteiger partial charge on any atom is -0.481 e. The predicted molar refractivity (Wildman–Crippen MR) is 106 cm³/mol. The molecule has 1 aliphatic heterocycles. The second-order valence-electron chi connectivity index (χ2n) is 7.44. The largest absolute Gasteiger partial charge is 0.481 e. The van der Waals surface area contributed by atoms with Gasteiger partial charge in [0, 0.05) is 18.8 Å². The molecule has 0 bridgehead atoms. The molecule has 2 atom stereocenters. The topological polar surface area (TPSA) is 69.6 Å². The number of carbonyl (C=O) groups excluding carboxylic acids is 1. The van der Waals surface area contributed by atoms with Crippen LogP contribution in [0.15, 0.2) is 54.6 Å². The molecule has 2 aromatic carbocycles. The highest BCUT2D eigenvalue weighted by Gasteiger charge is 2.30. The number of carboxylic acid groups (broad SMARTS) is 1. The lowest BCUT2D eigenvalue weighted by atomic mass is 9.90. The number of rotatable bonds is 6. The van der Waals surface area contributed by atoms with Gasteiger partial charge in [-0.3, -0.25) is 14.5 Å². The zero-order chi connectivity index (χ0) is 19.2. The Kier molecular flexibility index (Phi) is 6.24. The molecule has 2 unspecified atom stereocenters. The fourth-order valence-corrected chi connectivity index (χ4v) is 3.77. The summed E-state index contributed by atoms with van der Waals surface area (Å²) in [6, 6.07) is 18.0. The van der Waals surface area contributed by atoms with Gasteiger partial charge in [0.2, 0.25) is 5.91 Å². The van der Waals surface area contributed by atoms with Crippen molar-refractivity contribution in [3.63, 3.8) is 0 Å². The number of anilines is 1. The van der Waals surface area contributed by atoms with Crippen molar-refractivity contribution in [1.29, 1.82) is 0 Å². The summed E-state index contributed by atoms with van der Waals surface area (Å²) in [7, 11) is 0. The van der Waals surface area contributed by atoms with Crippen molar-refractivity contribution in [1.82, 2.24) is 4.90 Å². The first-order chi connectivity index (χ1) is 13.0. The van der Waals surface area contributed by atoms with Crippen molar-refractivity contribution in [2.24, 2.45) is 11.8 Å². The van der Waals surface area contributed by atoms with Crippen LogP contribution in [0.2, 0.25) is 0 Å². The third-order valence-electron chi connectivity index (χ3n) is 4.98. The normalized spacial score (nSPS) is 20.2. The minimum atomic E-state index is -0.778. The Labute approximate surface area is 160 Å². The van der Waals surface area contributed by atoms with Crippen LogP contribution in [0.5, 0.6) is 0 Å². The van der Waals surface area contributed by atoms with Crippen molar-refractivity contribution in [2.75, 3.05) is 25.0 Å². The molecule has 5 heteroatoms. The van der Waals surface area contributed by atoms with Gasteiger partial charge in [0.25, 0.3) is 0 Å². The van der Waals surface area contributed by atoms with Gasteiger partial charge < -0.3 is 10.4 Å². The first-order valence-electron chi connectivity index (χ1n) is 9.38. The molecule has 27 heavy (non-hydrogen) atoms. The highest BCUT2D eigenvalue weighted by Crippen LogP contribution is 2.22. The first kappa shape index (κ1) is 19.1. The van der Waals surface area contributed by atoms with Crippen molar-refractivity contribution in [3.8, 4) is 0 Å². The van der Waals surface area contributed by atoms with Gasteiger partial charge in [0.1, 0.15) is 0 Å². The molecule has 0 aromatic heterocycles. The van der Waals surface area contributed by atoms with Crippen LogP contribution >= 0.6 is 0 Å². The fourth-order valence-electron chi connectivity index (χ4n) is 3.77. The fraction of sp³-hybridized carbons (Fsp3) is 0.364. The number of piperidine rings is 1. The van der Waals surface area contributed by atoms with Gasteiger partial charge >= 0.3 is 5.97 Å². The Morgan fingerprint density at radius 2 is 1.78 bits per heavy atom. The lowest BCUT2D eigenvalue weighted by Gasteiger charge is -2.34. The number of nitrogens with one attached hydrogen (secondary N) is 1. The summed E-state index contributed by atoms with van der Waals surface area (Å²) < 4.78 is 0. The van der Waals surface area contributed by atoms with E-state index < -0.39 is 11.9 Å². The molecule has 1 fully saturated rings. The average molecular weight is 366 g/mol. The summed E-state index contributed by atoms with van der Waals surface area (Å²) >= 11 is 0. The third-order valence-corrected chi connectivity index (χ3v) is 4.98. The van der Waals surface area contributed by atoms with E-state index >= 15 is 0 Å². The Morgan fingerprint density at radius 3 is 2.52 bits per heavy atom. The molecular weight excluding hydrogens is 340 g/mol. The van der Waals surface area contributed by atoms with Crippen LogP contribution in [0.25, 0.3) is 0 Å². The van der Waals surface area contributed by atoms with E-state index in [0.717, 1.165) is 24.2 Å². The van der Waals surface area contributed by atoms with Crippen molar-refractivity contribution < 1.29 is 14.7 Å². The third kappa shape index (κ3) is 5.41. The maximum Gasteiger partial charge on any atom is 0.307 e. The zero-order valence-electron chi connectivity index (χ0n) is 15.6. The summed E-state index contributed by atoms with van der Waals surface area (Å²) in [5, 5.41) is 12.3. The molecule has 1 amide bonds. The van der Waals surface area contributed by atoms with Gasteiger partial charge in [-0.1, -0.05) is 55.5 Å². The predicted octanol–water partition coefficient (Wildman–Crippen LogP) is 3.26. The van der Waals surface area contributed by atoms with E-state index in [-0.39, 0.29) is 18.4 Å². The summed E-state index contributed by atoms with van der Waals surface area (Å²) in [4.78, 5) is 25.8. The minimum absolute atomic E-state index is 0.103. The van der Waals surface area contributed by atoms with E-state index in [4.69, 9.17) is 0 Å². The number of hydrogen-bond acceptors (Lipinski definition) is 3. The molecule has 0 saturated carbocycles. The number of amides is 1. The lowest BCUT2D eigenvalue weighted by Crippen LogP contribution is -2.45. The van der Waals surface area contributed by atoms with Crippen LogP contribution in [0.3, 0.4) is 0 Å². The quantitative estimate of drug-likeness (QED) is 0.823. The van der Waals surface area contributed by atoms with Gasteiger partial charge in [-0.15, -0.1) is 0 Å². The van der Waals surface area contributed by atoms with Gasteiger partial charge in [0.05, 0.1) is 12.5 Å². The van der Waals surface area contributed by atoms with E-state index in [9.17, 15) is 14.7 Å². The van der Waals surface area contributed by atoms with Crippen molar-refractivity contribution in [2.45, 2.75) is 19.8 Å². The summed E-state index contributed by atoms with van der Waals surface area (Å²) in [5.41, 5.74) is 3.06. The Hall–Kier alpha value is -2.66. The van der Waals surface area contributed by atoms with Crippen LogP contribution in [-0.2, 0) is 16.0 Å². The Morgan fingerprint density at radius 1 is 1.07 bits per heavy atom. The SMILES string of the molecule is CC1CC(C(=O)O)CN(CC(=O)Nc2ccccc2Cc2ccccc2)C1. The van der Waals surface area contributed by atoms with Crippen LogP contribution < -0.4 is 5.32 Å². The number of nitrogens with zero attached hydrogens (tertiary/aromatic N) is 1. The summed E-state index contributed by atoms with van der Waals surface area (Å²) in [6.07, 6.45) is 1.42. The number of aliphatic carboxylic acids is 1. The zero-order valence-corrected chi connectivity index (χ0v) is 15.6. The van der Waals surface area contributed by atoms with E-state index in [1.54, 1.807) is 0 Å². The highest BCUT2D eigenvalue weighted by molar-refractivity contribution is 5.93. The maximum absolute atomic E-state index is 12.6. The second-order valence-corrected chi connectivity index (χ2v) is 7.44. The van der Waals surface area contributed by atoms with Crippen LogP contribution in [0.4, 0.5) is 5.69 Å².